The van der Waals surface area contributed by atoms with Crippen LogP contribution in [0.25, 0.3) is 0 Å². The van der Waals surface area contributed by atoms with Gasteiger partial charge in [0.1, 0.15) is 5.82 Å². The number of nitrogens with one attached hydrogen (secondary N) is 1. The Morgan fingerprint density at radius 1 is 1.08 bits per heavy atom. The number of carbonyl (C=O) groups excluding carboxylic acids is 1. The third-order valence-corrected chi connectivity index (χ3v) is 4.02. The van der Waals surface area contributed by atoms with Gasteiger partial charge < -0.3 is 10.2 Å². The van der Waals surface area contributed by atoms with Crippen LogP contribution in [0.2, 0.25) is 5.02 Å². The van der Waals surface area contributed by atoms with Crippen molar-refractivity contribution in [2.75, 3.05) is 17.3 Å². The Bertz CT molecular complexity index is 850. The molecular weight excluding hydrogens is 334 g/mol. The fraction of sp³-hybridized carbons (Fsp3) is 0.100. The summed E-state index contributed by atoms with van der Waals surface area (Å²) in [7, 11) is 1.95. The van der Waals surface area contributed by atoms with Gasteiger partial charge in [-0.3, -0.25) is 4.79 Å². The molecule has 0 saturated heterocycles. The van der Waals surface area contributed by atoms with E-state index in [4.69, 9.17) is 11.6 Å². The molecule has 0 aliphatic rings. The van der Waals surface area contributed by atoms with Crippen LogP contribution >= 0.6 is 11.6 Å². The zero-order valence-corrected chi connectivity index (χ0v) is 14.6. The van der Waals surface area contributed by atoms with Gasteiger partial charge in [-0.05, 0) is 42.0 Å². The van der Waals surface area contributed by atoms with Crippen LogP contribution in [-0.4, -0.2) is 17.9 Å². The first-order valence-corrected chi connectivity index (χ1v) is 8.27. The summed E-state index contributed by atoms with van der Waals surface area (Å²) in [5.41, 5.74) is 2.44. The molecule has 5 heteroatoms. The summed E-state index contributed by atoms with van der Waals surface area (Å²) in [6.45, 7) is 0.718. The van der Waals surface area contributed by atoms with E-state index in [0.29, 0.717) is 16.3 Å². The average molecular weight is 352 g/mol. The van der Waals surface area contributed by atoms with Crippen molar-refractivity contribution in [2.24, 2.45) is 0 Å². The number of pyridine rings is 1. The predicted molar refractivity (Wildman–Crippen MR) is 102 cm³/mol. The lowest BCUT2D eigenvalue weighted by Crippen LogP contribution is -2.19. The maximum atomic E-state index is 12.4. The summed E-state index contributed by atoms with van der Waals surface area (Å²) in [5, 5.41) is 3.49. The largest absolute Gasteiger partial charge is 0.355 e. The molecule has 3 rings (SSSR count). The summed E-state index contributed by atoms with van der Waals surface area (Å²) < 4.78 is 0. The van der Waals surface area contributed by atoms with Crippen LogP contribution < -0.4 is 10.2 Å². The summed E-state index contributed by atoms with van der Waals surface area (Å²) in [4.78, 5) is 18.8. The highest BCUT2D eigenvalue weighted by Crippen LogP contribution is 2.17. The normalized spacial score (nSPS) is 10.3. The maximum absolute atomic E-state index is 12.4. The van der Waals surface area contributed by atoms with E-state index in [1.54, 1.807) is 42.6 Å². The Kier molecular flexibility index (Phi) is 5.31. The van der Waals surface area contributed by atoms with Gasteiger partial charge in [0.15, 0.2) is 0 Å². The van der Waals surface area contributed by atoms with Crippen molar-refractivity contribution in [1.29, 1.82) is 0 Å². The number of hydrogen-bond acceptors (Lipinski definition) is 3. The first-order chi connectivity index (χ1) is 12.1. The number of hydrogen-bond donors (Lipinski definition) is 1. The summed E-state index contributed by atoms with van der Waals surface area (Å²) >= 11 is 5.86. The van der Waals surface area contributed by atoms with E-state index < -0.39 is 0 Å². The maximum Gasteiger partial charge on any atom is 0.255 e. The van der Waals surface area contributed by atoms with Gasteiger partial charge in [0.05, 0.1) is 0 Å². The number of anilines is 2. The van der Waals surface area contributed by atoms with Gasteiger partial charge in [-0.1, -0.05) is 41.9 Å². The molecule has 1 aromatic heterocycles. The molecule has 1 amide bonds. The van der Waals surface area contributed by atoms with E-state index >= 15 is 0 Å². The lowest BCUT2D eigenvalue weighted by Gasteiger charge is -2.18. The molecule has 0 spiro atoms. The van der Waals surface area contributed by atoms with Gasteiger partial charge in [-0.25, -0.2) is 4.98 Å². The van der Waals surface area contributed by atoms with E-state index in [1.165, 1.54) is 5.56 Å². The quantitative estimate of drug-likeness (QED) is 0.729. The van der Waals surface area contributed by atoms with Gasteiger partial charge in [0, 0.05) is 36.1 Å². The van der Waals surface area contributed by atoms with Crippen LogP contribution in [0.5, 0.6) is 0 Å². The zero-order valence-electron chi connectivity index (χ0n) is 13.8. The molecule has 0 aliphatic carbocycles. The Morgan fingerprint density at radius 3 is 2.52 bits per heavy atom. The molecule has 0 radical (unpaired) electrons. The Morgan fingerprint density at radius 2 is 1.80 bits per heavy atom. The number of nitrogens with zero attached hydrogens (tertiary/aromatic N) is 2. The molecule has 1 N–H and O–H groups in total. The van der Waals surface area contributed by atoms with E-state index in [9.17, 15) is 4.79 Å². The highest BCUT2D eigenvalue weighted by molar-refractivity contribution is 6.30. The molecule has 25 heavy (non-hydrogen) atoms. The molecule has 126 valence electrons. The van der Waals surface area contributed by atoms with Crippen molar-refractivity contribution in [3.8, 4) is 0 Å². The molecule has 1 heterocycles. The Labute approximate surface area is 152 Å². The lowest BCUT2D eigenvalue weighted by atomic mass is 10.2. The van der Waals surface area contributed by atoms with Crippen molar-refractivity contribution in [3.05, 3.63) is 89.1 Å². The molecule has 0 aliphatic heterocycles. The van der Waals surface area contributed by atoms with E-state index in [-0.39, 0.29) is 5.91 Å². The van der Waals surface area contributed by atoms with Gasteiger partial charge in [-0.15, -0.1) is 0 Å². The smallest absolute Gasteiger partial charge is 0.255 e. The zero-order chi connectivity index (χ0) is 17.6. The summed E-state index contributed by atoms with van der Waals surface area (Å²) in [5.74, 6) is 0.562. The second kappa shape index (κ2) is 7.81. The van der Waals surface area contributed by atoms with Crippen molar-refractivity contribution in [2.45, 2.75) is 6.54 Å². The monoisotopic (exact) mass is 351 g/mol. The van der Waals surface area contributed by atoms with E-state index in [2.05, 4.69) is 22.4 Å². The molecule has 3 aromatic rings. The average Bonchev–Trinajstić information content (AvgIpc) is 2.64. The molecule has 0 fully saturated rings. The van der Waals surface area contributed by atoms with E-state index in [1.807, 2.05) is 30.1 Å². The second-order valence-electron chi connectivity index (χ2n) is 5.71. The Balaban J connectivity index is 1.72. The fourth-order valence-corrected chi connectivity index (χ4v) is 2.57. The van der Waals surface area contributed by atoms with Gasteiger partial charge in [-0.2, -0.15) is 0 Å². The van der Waals surface area contributed by atoms with E-state index in [0.717, 1.165) is 12.4 Å². The highest BCUT2D eigenvalue weighted by atomic mass is 35.5. The summed E-state index contributed by atoms with van der Waals surface area (Å²) in [6.07, 6.45) is 1.65. The molecule has 2 aromatic carbocycles. The number of rotatable bonds is 5. The van der Waals surface area contributed by atoms with Crippen molar-refractivity contribution in [3.63, 3.8) is 0 Å². The van der Waals surface area contributed by atoms with Crippen LogP contribution in [0.3, 0.4) is 0 Å². The van der Waals surface area contributed by atoms with Crippen LogP contribution in [0.1, 0.15) is 15.9 Å². The van der Waals surface area contributed by atoms with Crippen molar-refractivity contribution in [1.82, 2.24) is 4.98 Å². The predicted octanol–water partition coefficient (Wildman–Crippen LogP) is 4.62. The highest BCUT2D eigenvalue weighted by Gasteiger charge is 2.10. The molecule has 0 saturated carbocycles. The third-order valence-electron chi connectivity index (χ3n) is 3.76. The minimum atomic E-state index is -0.181. The van der Waals surface area contributed by atoms with Crippen molar-refractivity contribution < 1.29 is 4.79 Å². The van der Waals surface area contributed by atoms with Gasteiger partial charge in [0.2, 0.25) is 0 Å². The first kappa shape index (κ1) is 17.0. The van der Waals surface area contributed by atoms with Crippen molar-refractivity contribution >= 4 is 29.0 Å². The SMILES string of the molecule is CN(Cc1ccccc1)c1cc(C(=O)Nc2ccc(Cl)cc2)ccn1. The number of aromatic nitrogens is 1. The van der Waals surface area contributed by atoms with Gasteiger partial charge >= 0.3 is 0 Å². The molecule has 0 unspecified atom stereocenters. The second-order valence-corrected chi connectivity index (χ2v) is 6.14. The van der Waals surface area contributed by atoms with Crippen LogP contribution in [0.4, 0.5) is 11.5 Å². The van der Waals surface area contributed by atoms with Gasteiger partial charge in [0.25, 0.3) is 5.91 Å². The number of halogens is 1. The molecular formula is C20H18ClN3O. The lowest BCUT2D eigenvalue weighted by molar-refractivity contribution is 0.102. The van der Waals surface area contributed by atoms with Crippen LogP contribution in [-0.2, 0) is 6.54 Å². The minimum absolute atomic E-state index is 0.181. The number of carbonyl (C=O) groups is 1. The topological polar surface area (TPSA) is 45.2 Å². The summed E-state index contributed by atoms with van der Waals surface area (Å²) in [6, 6.07) is 20.6. The minimum Gasteiger partial charge on any atom is -0.355 e. The standard InChI is InChI=1S/C20H18ClN3O/c1-24(14-15-5-3-2-4-6-15)19-13-16(11-12-22-19)20(25)23-18-9-7-17(21)8-10-18/h2-13H,14H2,1H3,(H,23,25). The molecule has 0 bridgehead atoms. The number of amides is 1. The Hall–Kier alpha value is -2.85. The molecule has 4 nitrogen and oxygen atoms in total. The van der Waals surface area contributed by atoms with Crippen LogP contribution in [0.15, 0.2) is 72.9 Å². The third kappa shape index (κ3) is 4.58. The van der Waals surface area contributed by atoms with Crippen LogP contribution in [0, 0.1) is 0 Å². The number of benzene rings is 2. The molecule has 0 atom stereocenters. The first-order valence-electron chi connectivity index (χ1n) is 7.90. The fourth-order valence-electron chi connectivity index (χ4n) is 2.44.